The molecule has 20 heavy (non-hydrogen) atoms. The summed E-state index contributed by atoms with van der Waals surface area (Å²) in [5, 5.41) is 14.5. The Hall–Kier alpha value is -2.70. The van der Waals surface area contributed by atoms with E-state index in [9.17, 15) is 5.11 Å². The lowest BCUT2D eigenvalue weighted by Gasteiger charge is -2.05. The van der Waals surface area contributed by atoms with Gasteiger partial charge in [0.25, 0.3) is 0 Å². The Kier molecular flexibility index (Phi) is 2.74. The smallest absolute Gasteiger partial charge is 0.210 e. The quantitative estimate of drug-likeness (QED) is 0.735. The largest absolute Gasteiger partial charge is 0.493 e. The number of pyridine rings is 1. The first-order valence-corrected chi connectivity index (χ1v) is 6.22. The van der Waals surface area contributed by atoms with Crippen molar-refractivity contribution in [3.63, 3.8) is 0 Å². The van der Waals surface area contributed by atoms with E-state index in [0.717, 1.165) is 5.56 Å². The molecule has 0 amide bonds. The summed E-state index contributed by atoms with van der Waals surface area (Å²) in [6, 6.07) is 3.39. The number of fused-ring (bicyclic) bond motifs is 1. The number of hydrogen-bond donors (Lipinski definition) is 2. The normalized spacial score (nSPS) is 11.3. The van der Waals surface area contributed by atoms with Gasteiger partial charge in [0.2, 0.25) is 5.88 Å². The second-order valence-electron chi connectivity index (χ2n) is 4.75. The molecule has 3 aromatic rings. The topological polar surface area (TPSA) is 103 Å². The van der Waals surface area contributed by atoms with Crippen LogP contribution in [0.4, 0.5) is 5.82 Å². The molecule has 0 fully saturated rings. The maximum absolute atomic E-state index is 9.28. The SMILES string of the molecule is CC(C)n1nc(-c2ccc(O)nc2)c2c(N)ncnc21. The van der Waals surface area contributed by atoms with Crippen LogP contribution >= 0.6 is 0 Å². The summed E-state index contributed by atoms with van der Waals surface area (Å²) in [7, 11) is 0. The van der Waals surface area contributed by atoms with Crippen LogP contribution in [0.25, 0.3) is 22.3 Å². The predicted molar refractivity (Wildman–Crippen MR) is 75.0 cm³/mol. The van der Waals surface area contributed by atoms with Crippen molar-refractivity contribution in [3.05, 3.63) is 24.7 Å². The minimum Gasteiger partial charge on any atom is -0.493 e. The van der Waals surface area contributed by atoms with E-state index in [1.54, 1.807) is 16.9 Å². The highest BCUT2D eigenvalue weighted by Crippen LogP contribution is 2.31. The highest BCUT2D eigenvalue weighted by molar-refractivity contribution is 5.98. The van der Waals surface area contributed by atoms with E-state index in [1.165, 1.54) is 12.4 Å². The van der Waals surface area contributed by atoms with Gasteiger partial charge in [0.05, 0.1) is 5.39 Å². The number of rotatable bonds is 2. The lowest BCUT2D eigenvalue weighted by Crippen LogP contribution is -2.04. The van der Waals surface area contributed by atoms with Crippen molar-refractivity contribution < 1.29 is 5.11 Å². The van der Waals surface area contributed by atoms with Crippen LogP contribution in [-0.4, -0.2) is 29.8 Å². The van der Waals surface area contributed by atoms with Crippen LogP contribution < -0.4 is 5.73 Å². The Morgan fingerprint density at radius 3 is 2.65 bits per heavy atom. The third kappa shape index (κ3) is 1.83. The summed E-state index contributed by atoms with van der Waals surface area (Å²) in [6.45, 7) is 4.03. The van der Waals surface area contributed by atoms with Crippen LogP contribution in [0.15, 0.2) is 24.7 Å². The molecule has 0 saturated heterocycles. The van der Waals surface area contributed by atoms with Crippen molar-refractivity contribution in [2.24, 2.45) is 0 Å². The molecule has 0 aliphatic heterocycles. The minimum atomic E-state index is -0.0365. The Morgan fingerprint density at radius 2 is 2.00 bits per heavy atom. The molecule has 0 atom stereocenters. The third-order valence-electron chi connectivity index (χ3n) is 3.03. The van der Waals surface area contributed by atoms with Crippen LogP contribution in [0.5, 0.6) is 5.88 Å². The molecule has 3 N–H and O–H groups in total. The molecule has 0 aliphatic carbocycles. The van der Waals surface area contributed by atoms with Gasteiger partial charge in [-0.05, 0) is 19.9 Å². The molecule has 3 aromatic heterocycles. The van der Waals surface area contributed by atoms with Crippen LogP contribution in [-0.2, 0) is 0 Å². The average Bonchev–Trinajstić information content (AvgIpc) is 2.81. The zero-order chi connectivity index (χ0) is 14.3. The first kappa shape index (κ1) is 12.3. The standard InChI is InChI=1S/C13H14N6O/c1-7(2)19-13-10(12(14)16-6-17-13)11(18-19)8-3-4-9(20)15-5-8/h3-7H,1-2H3,(H,15,20)(H2,14,16,17). The lowest BCUT2D eigenvalue weighted by atomic mass is 10.1. The fourth-order valence-corrected chi connectivity index (χ4v) is 2.08. The summed E-state index contributed by atoms with van der Waals surface area (Å²) in [4.78, 5) is 12.2. The molecule has 0 bridgehead atoms. The zero-order valence-corrected chi connectivity index (χ0v) is 11.1. The number of nitrogen functional groups attached to an aromatic ring is 1. The van der Waals surface area contributed by atoms with Gasteiger partial charge in [0.1, 0.15) is 17.8 Å². The highest BCUT2D eigenvalue weighted by Gasteiger charge is 2.18. The molecule has 0 unspecified atom stereocenters. The van der Waals surface area contributed by atoms with Gasteiger partial charge >= 0.3 is 0 Å². The van der Waals surface area contributed by atoms with Crippen LogP contribution in [0, 0.1) is 0 Å². The Bertz CT molecular complexity index is 762. The average molecular weight is 270 g/mol. The molecular formula is C13H14N6O. The van der Waals surface area contributed by atoms with Gasteiger partial charge in [-0.2, -0.15) is 5.10 Å². The number of nitrogens with zero attached hydrogens (tertiary/aromatic N) is 5. The molecule has 0 aromatic carbocycles. The summed E-state index contributed by atoms with van der Waals surface area (Å²) in [5.74, 6) is 0.343. The Labute approximate surface area is 115 Å². The first-order chi connectivity index (χ1) is 9.58. The lowest BCUT2D eigenvalue weighted by molar-refractivity contribution is 0.453. The highest BCUT2D eigenvalue weighted by atomic mass is 16.3. The Balaban J connectivity index is 2.33. The van der Waals surface area contributed by atoms with Crippen molar-refractivity contribution in [1.82, 2.24) is 24.7 Å². The molecule has 3 rings (SSSR count). The van der Waals surface area contributed by atoms with Gasteiger partial charge in [-0.15, -0.1) is 0 Å². The van der Waals surface area contributed by atoms with Crippen molar-refractivity contribution in [2.45, 2.75) is 19.9 Å². The van der Waals surface area contributed by atoms with Crippen LogP contribution in [0.2, 0.25) is 0 Å². The molecule has 0 saturated carbocycles. The van der Waals surface area contributed by atoms with E-state index in [2.05, 4.69) is 20.1 Å². The minimum absolute atomic E-state index is 0.0365. The van der Waals surface area contributed by atoms with Gasteiger partial charge < -0.3 is 10.8 Å². The molecule has 7 nitrogen and oxygen atoms in total. The molecule has 0 aliphatic rings. The van der Waals surface area contributed by atoms with Crippen LogP contribution in [0.1, 0.15) is 19.9 Å². The maximum atomic E-state index is 9.28. The van der Waals surface area contributed by atoms with Crippen molar-refractivity contribution >= 4 is 16.9 Å². The molecule has 7 heteroatoms. The van der Waals surface area contributed by atoms with E-state index >= 15 is 0 Å². The molecule has 0 spiro atoms. The molecule has 3 heterocycles. The van der Waals surface area contributed by atoms with Crippen molar-refractivity contribution in [2.75, 3.05) is 5.73 Å². The second-order valence-corrected chi connectivity index (χ2v) is 4.75. The Morgan fingerprint density at radius 1 is 1.20 bits per heavy atom. The van der Waals surface area contributed by atoms with E-state index in [1.807, 2.05) is 13.8 Å². The van der Waals surface area contributed by atoms with Gasteiger partial charge in [0, 0.05) is 23.9 Å². The molecule has 0 radical (unpaired) electrons. The van der Waals surface area contributed by atoms with Crippen molar-refractivity contribution in [3.8, 4) is 17.1 Å². The third-order valence-corrected chi connectivity index (χ3v) is 3.03. The van der Waals surface area contributed by atoms with Gasteiger partial charge in [-0.25, -0.2) is 19.6 Å². The van der Waals surface area contributed by atoms with E-state index in [0.29, 0.717) is 22.5 Å². The van der Waals surface area contributed by atoms with E-state index in [-0.39, 0.29) is 11.9 Å². The molecule has 102 valence electrons. The predicted octanol–water partition coefficient (Wildman–Crippen LogP) is 1.76. The number of aromatic nitrogens is 5. The summed E-state index contributed by atoms with van der Waals surface area (Å²) in [6.07, 6.45) is 2.98. The maximum Gasteiger partial charge on any atom is 0.210 e. The zero-order valence-electron chi connectivity index (χ0n) is 11.1. The van der Waals surface area contributed by atoms with Gasteiger partial charge in [-0.3, -0.25) is 0 Å². The summed E-state index contributed by atoms with van der Waals surface area (Å²) < 4.78 is 1.80. The molecular weight excluding hydrogens is 256 g/mol. The number of aromatic hydroxyl groups is 1. The fraction of sp³-hybridized carbons (Fsp3) is 0.231. The number of nitrogens with two attached hydrogens (primary N) is 1. The van der Waals surface area contributed by atoms with Crippen molar-refractivity contribution in [1.29, 1.82) is 0 Å². The van der Waals surface area contributed by atoms with E-state index in [4.69, 9.17) is 5.73 Å². The van der Waals surface area contributed by atoms with Crippen LogP contribution in [0.3, 0.4) is 0 Å². The van der Waals surface area contributed by atoms with Gasteiger partial charge in [-0.1, -0.05) is 0 Å². The second kappa shape index (κ2) is 4.44. The number of anilines is 1. The van der Waals surface area contributed by atoms with Gasteiger partial charge in [0.15, 0.2) is 5.65 Å². The summed E-state index contributed by atoms with van der Waals surface area (Å²) >= 11 is 0. The van der Waals surface area contributed by atoms with E-state index < -0.39 is 0 Å². The first-order valence-electron chi connectivity index (χ1n) is 6.22. The monoisotopic (exact) mass is 270 g/mol. The number of hydrogen-bond acceptors (Lipinski definition) is 6. The fourth-order valence-electron chi connectivity index (χ4n) is 2.08. The summed E-state index contributed by atoms with van der Waals surface area (Å²) in [5.41, 5.74) is 8.08.